The zero-order chi connectivity index (χ0) is 7.28. The third kappa shape index (κ3) is 5.25. The summed E-state index contributed by atoms with van der Waals surface area (Å²) in [5, 5.41) is 0. The maximum Gasteiger partial charge on any atom is 0.149 e. The van der Waals surface area contributed by atoms with Crippen molar-refractivity contribution in [3.05, 3.63) is 0 Å². The molecular weight excluding hydrogens is 346 g/mol. The molecule has 0 N–H and O–H groups in total. The highest BCUT2D eigenvalue weighted by Crippen LogP contribution is 1.94. The zero-order valence-corrected chi connectivity index (χ0v) is 9.01. The molecule has 0 aromatic rings. The van der Waals surface area contributed by atoms with Gasteiger partial charge >= 0.3 is 0 Å². The molecule has 0 fully saturated rings. The Morgan fingerprint density at radius 1 is 1.00 bits per heavy atom. The molecule has 52 valence electrons. The smallest absolute Gasteiger partial charge is 0.149 e. The van der Waals surface area contributed by atoms with E-state index in [1.807, 2.05) is 45.2 Å². The first-order valence-corrected chi connectivity index (χ1v) is 5.41. The van der Waals surface area contributed by atoms with Gasteiger partial charge in [-0.15, -0.1) is 0 Å². The summed E-state index contributed by atoms with van der Waals surface area (Å²) in [5.41, 5.74) is 0. The van der Waals surface area contributed by atoms with Crippen molar-refractivity contribution in [2.45, 2.75) is 6.42 Å². The average molecular weight is 352 g/mol. The van der Waals surface area contributed by atoms with E-state index in [0.29, 0.717) is 8.86 Å². The van der Waals surface area contributed by atoms with Gasteiger partial charge in [0, 0.05) is 0 Å². The van der Waals surface area contributed by atoms with Gasteiger partial charge in [0.05, 0.1) is 15.3 Å². The Bertz CT molecular complexity index is 108. The Kier molecular flexibility index (Phi) is 6.07. The number of carbonyl (C=O) groups is 2. The molecule has 0 aromatic heterocycles. The predicted octanol–water partition coefficient (Wildman–Crippen LogP) is 1.38. The van der Waals surface area contributed by atoms with Crippen molar-refractivity contribution in [1.29, 1.82) is 0 Å². The SMILES string of the molecule is O=C(CI)CC(=O)CI. The molecule has 0 unspecified atom stereocenters. The molecule has 0 aliphatic carbocycles. The lowest BCUT2D eigenvalue weighted by Gasteiger charge is -1.89. The fourth-order valence-corrected chi connectivity index (χ4v) is 0.854. The first kappa shape index (κ1) is 9.80. The van der Waals surface area contributed by atoms with Crippen molar-refractivity contribution < 1.29 is 9.59 Å². The van der Waals surface area contributed by atoms with Gasteiger partial charge in [-0.3, -0.25) is 9.59 Å². The molecule has 0 aromatic carbocycles. The zero-order valence-electron chi connectivity index (χ0n) is 4.69. The second kappa shape index (κ2) is 5.57. The van der Waals surface area contributed by atoms with E-state index < -0.39 is 0 Å². The van der Waals surface area contributed by atoms with E-state index in [2.05, 4.69) is 0 Å². The topological polar surface area (TPSA) is 34.1 Å². The monoisotopic (exact) mass is 352 g/mol. The molecule has 0 heterocycles. The van der Waals surface area contributed by atoms with Crippen LogP contribution in [-0.4, -0.2) is 20.4 Å². The highest BCUT2D eigenvalue weighted by Gasteiger charge is 2.04. The molecule has 4 heteroatoms. The standard InChI is InChI=1S/C5H6I2O2/c6-2-4(8)1-5(9)3-7/h1-3H2. The third-order valence-electron chi connectivity index (χ3n) is 0.692. The van der Waals surface area contributed by atoms with Crippen molar-refractivity contribution in [1.82, 2.24) is 0 Å². The molecule has 0 saturated heterocycles. The molecule has 0 aliphatic heterocycles. The van der Waals surface area contributed by atoms with Crippen LogP contribution in [0.25, 0.3) is 0 Å². The van der Waals surface area contributed by atoms with Gasteiger partial charge in [-0.25, -0.2) is 0 Å². The molecule has 0 radical (unpaired) electrons. The number of halogens is 2. The van der Waals surface area contributed by atoms with E-state index in [1.165, 1.54) is 0 Å². The molecular formula is C5H6I2O2. The normalized spacial score (nSPS) is 9.11. The molecule has 0 spiro atoms. The van der Waals surface area contributed by atoms with Gasteiger partial charge in [-0.2, -0.15) is 0 Å². The minimum absolute atomic E-state index is 0.0252. The van der Waals surface area contributed by atoms with Crippen LogP contribution >= 0.6 is 45.2 Å². The van der Waals surface area contributed by atoms with Crippen LogP contribution in [0.5, 0.6) is 0 Å². The summed E-state index contributed by atoms with van der Waals surface area (Å²) in [7, 11) is 0. The fraction of sp³-hybridized carbons (Fsp3) is 0.600. The maximum absolute atomic E-state index is 10.5. The number of alkyl halides is 2. The highest BCUT2D eigenvalue weighted by atomic mass is 127. The van der Waals surface area contributed by atoms with Crippen LogP contribution in [0, 0.1) is 0 Å². The highest BCUT2D eigenvalue weighted by molar-refractivity contribution is 14.1. The van der Waals surface area contributed by atoms with Crippen LogP contribution in [0.15, 0.2) is 0 Å². The number of carbonyl (C=O) groups excluding carboxylic acids is 2. The Morgan fingerprint density at radius 3 is 1.56 bits per heavy atom. The molecule has 2 nitrogen and oxygen atoms in total. The average Bonchev–Trinajstić information content (AvgIpc) is 1.87. The number of hydrogen-bond donors (Lipinski definition) is 0. The van der Waals surface area contributed by atoms with Crippen LogP contribution in [0.2, 0.25) is 0 Å². The van der Waals surface area contributed by atoms with Crippen molar-refractivity contribution >= 4 is 56.7 Å². The Balaban J connectivity index is 3.47. The summed E-state index contributed by atoms with van der Waals surface area (Å²) in [6.45, 7) is 0. The number of rotatable bonds is 4. The minimum atomic E-state index is 0.0252. The summed E-state index contributed by atoms with van der Waals surface area (Å²) in [5.74, 6) is 0.0505. The quantitative estimate of drug-likeness (QED) is 0.436. The number of ketones is 2. The first-order chi connectivity index (χ1) is 4.20. The summed E-state index contributed by atoms with van der Waals surface area (Å²) in [6.07, 6.45) is 0.117. The number of hydrogen-bond acceptors (Lipinski definition) is 2. The van der Waals surface area contributed by atoms with E-state index in [-0.39, 0.29) is 18.0 Å². The van der Waals surface area contributed by atoms with Gasteiger partial charge in [0.15, 0.2) is 0 Å². The van der Waals surface area contributed by atoms with E-state index >= 15 is 0 Å². The second-order valence-electron chi connectivity index (χ2n) is 1.52. The van der Waals surface area contributed by atoms with E-state index in [9.17, 15) is 9.59 Å². The van der Waals surface area contributed by atoms with E-state index in [4.69, 9.17) is 0 Å². The second-order valence-corrected chi connectivity index (χ2v) is 3.05. The molecule has 0 atom stereocenters. The van der Waals surface area contributed by atoms with Gasteiger partial charge in [-0.1, -0.05) is 45.2 Å². The minimum Gasteiger partial charge on any atom is -0.298 e. The van der Waals surface area contributed by atoms with Crippen LogP contribution < -0.4 is 0 Å². The third-order valence-corrected chi connectivity index (χ3v) is 2.39. The van der Waals surface area contributed by atoms with Crippen molar-refractivity contribution in [2.75, 3.05) is 8.86 Å². The fourth-order valence-electron chi connectivity index (χ4n) is 0.314. The molecule has 0 amide bonds. The molecule has 9 heavy (non-hydrogen) atoms. The first-order valence-electron chi connectivity index (χ1n) is 2.36. The summed E-state index contributed by atoms with van der Waals surface area (Å²) < 4.78 is 0.889. The van der Waals surface area contributed by atoms with Crippen LogP contribution in [0.3, 0.4) is 0 Å². The lowest BCUT2D eigenvalue weighted by atomic mass is 10.2. The number of Topliss-reactive ketones (excluding diaryl/α,β-unsaturated/α-hetero) is 2. The van der Waals surface area contributed by atoms with Crippen molar-refractivity contribution in [3.63, 3.8) is 0 Å². The molecule has 0 saturated carbocycles. The van der Waals surface area contributed by atoms with E-state index in [1.54, 1.807) is 0 Å². The Labute approximate surface area is 81.0 Å². The summed E-state index contributed by atoms with van der Waals surface area (Å²) >= 11 is 3.92. The van der Waals surface area contributed by atoms with Gasteiger partial charge < -0.3 is 0 Å². The Hall–Kier alpha value is 0.800. The van der Waals surface area contributed by atoms with Crippen molar-refractivity contribution in [3.8, 4) is 0 Å². The van der Waals surface area contributed by atoms with Crippen LogP contribution in [0.4, 0.5) is 0 Å². The predicted molar refractivity (Wildman–Crippen MR) is 52.4 cm³/mol. The van der Waals surface area contributed by atoms with Gasteiger partial charge in [0.25, 0.3) is 0 Å². The maximum atomic E-state index is 10.5. The summed E-state index contributed by atoms with van der Waals surface area (Å²) in [6, 6.07) is 0. The summed E-state index contributed by atoms with van der Waals surface area (Å²) in [4.78, 5) is 21.1. The largest absolute Gasteiger partial charge is 0.298 e. The molecule has 0 bridgehead atoms. The lowest BCUT2D eigenvalue weighted by molar-refractivity contribution is -0.123. The van der Waals surface area contributed by atoms with Crippen LogP contribution in [-0.2, 0) is 9.59 Å². The van der Waals surface area contributed by atoms with Crippen molar-refractivity contribution in [2.24, 2.45) is 0 Å². The molecule has 0 aliphatic rings. The lowest BCUT2D eigenvalue weighted by Crippen LogP contribution is -2.08. The van der Waals surface area contributed by atoms with E-state index in [0.717, 1.165) is 0 Å². The Morgan fingerprint density at radius 2 is 1.33 bits per heavy atom. The van der Waals surface area contributed by atoms with Gasteiger partial charge in [0.2, 0.25) is 0 Å². The molecule has 0 rings (SSSR count). The van der Waals surface area contributed by atoms with Gasteiger partial charge in [0.1, 0.15) is 11.6 Å². The van der Waals surface area contributed by atoms with Gasteiger partial charge in [-0.05, 0) is 0 Å². The van der Waals surface area contributed by atoms with Crippen LogP contribution in [0.1, 0.15) is 6.42 Å².